The van der Waals surface area contributed by atoms with Gasteiger partial charge < -0.3 is 23.5 Å². The quantitative estimate of drug-likeness (QED) is 0.342. The molecule has 2 aromatic carbocycles. The Morgan fingerprint density at radius 1 is 0.781 bits per heavy atom. The summed E-state index contributed by atoms with van der Waals surface area (Å²) < 4.78 is 36.4. The molecule has 1 unspecified atom stereocenters. The second-order valence-corrected chi connectivity index (χ2v) is 12.9. The SMILES string of the molecule is COc1ccc(CP(=O)(Cc2ccc(OC)cc2OC)CC(C)CC(C)(C)C)c(OC)c1. The maximum absolute atomic E-state index is 14.5. The summed E-state index contributed by atoms with van der Waals surface area (Å²) in [5, 5.41) is 0. The van der Waals surface area contributed by atoms with E-state index in [-0.39, 0.29) is 5.41 Å². The normalized spacial score (nSPS) is 12.9. The molecule has 2 aromatic rings. The van der Waals surface area contributed by atoms with Crippen molar-refractivity contribution in [3.63, 3.8) is 0 Å². The van der Waals surface area contributed by atoms with E-state index in [0.717, 1.165) is 29.0 Å². The van der Waals surface area contributed by atoms with E-state index < -0.39 is 7.14 Å². The van der Waals surface area contributed by atoms with E-state index in [1.165, 1.54) is 0 Å². The standard InChI is InChI=1S/C26H39O5P/c1-19(15-26(2,3)4)16-32(27,17-20-9-11-22(28-5)13-24(20)30-7)18-21-10-12-23(29-6)14-25(21)31-8/h9-14,19H,15-18H2,1-8H3. The van der Waals surface area contributed by atoms with Gasteiger partial charge >= 0.3 is 0 Å². The molecule has 5 nitrogen and oxygen atoms in total. The summed E-state index contributed by atoms with van der Waals surface area (Å²) in [7, 11) is 3.86. The third-order valence-electron chi connectivity index (χ3n) is 5.51. The highest BCUT2D eigenvalue weighted by Gasteiger charge is 2.30. The molecule has 0 N–H and O–H groups in total. The predicted molar refractivity (Wildman–Crippen MR) is 132 cm³/mol. The molecule has 178 valence electrons. The topological polar surface area (TPSA) is 54.0 Å². The first kappa shape index (κ1) is 26.1. The van der Waals surface area contributed by atoms with Gasteiger partial charge in [0.1, 0.15) is 23.0 Å². The third kappa shape index (κ3) is 7.48. The Bertz CT molecular complexity index is 871. The summed E-state index contributed by atoms with van der Waals surface area (Å²) in [6, 6.07) is 11.4. The fraction of sp³-hybridized carbons (Fsp3) is 0.538. The van der Waals surface area contributed by atoms with Crippen LogP contribution >= 0.6 is 7.14 Å². The molecule has 0 spiro atoms. The Morgan fingerprint density at radius 3 is 1.56 bits per heavy atom. The monoisotopic (exact) mass is 462 g/mol. The molecule has 6 heteroatoms. The lowest BCUT2D eigenvalue weighted by Crippen LogP contribution is -2.15. The minimum absolute atomic E-state index is 0.180. The summed E-state index contributed by atoms with van der Waals surface area (Å²) >= 11 is 0. The summed E-state index contributed by atoms with van der Waals surface area (Å²) in [6.45, 7) is 8.89. The van der Waals surface area contributed by atoms with Gasteiger partial charge in [-0.1, -0.05) is 39.8 Å². The number of hydrogen-bond acceptors (Lipinski definition) is 5. The fourth-order valence-corrected chi connectivity index (χ4v) is 7.85. The van der Waals surface area contributed by atoms with Crippen LogP contribution in [0.15, 0.2) is 36.4 Å². The van der Waals surface area contributed by atoms with Crippen molar-refractivity contribution in [2.45, 2.75) is 46.4 Å². The van der Waals surface area contributed by atoms with Crippen molar-refractivity contribution in [2.75, 3.05) is 34.6 Å². The minimum atomic E-state index is -2.67. The largest absolute Gasteiger partial charge is 0.497 e. The average Bonchev–Trinajstić information content (AvgIpc) is 2.72. The molecule has 0 heterocycles. The Morgan fingerprint density at radius 2 is 1.22 bits per heavy atom. The van der Waals surface area contributed by atoms with Crippen molar-refractivity contribution >= 4 is 7.14 Å². The molecule has 1 atom stereocenters. The zero-order chi connectivity index (χ0) is 23.9. The lowest BCUT2D eigenvalue weighted by molar-refractivity contribution is 0.321. The Hall–Kier alpha value is -2.13. The Kier molecular flexibility index (Phi) is 9.09. The molecule has 0 aliphatic rings. The smallest absolute Gasteiger partial charge is 0.126 e. The van der Waals surface area contributed by atoms with Crippen LogP contribution in [-0.2, 0) is 16.9 Å². The first-order valence-corrected chi connectivity index (χ1v) is 13.3. The van der Waals surface area contributed by atoms with Crippen molar-refractivity contribution in [1.29, 1.82) is 0 Å². The predicted octanol–water partition coefficient (Wildman–Crippen LogP) is 6.86. The molecular formula is C26H39O5P. The highest BCUT2D eigenvalue weighted by Crippen LogP contribution is 2.56. The third-order valence-corrected chi connectivity index (χ3v) is 8.63. The lowest BCUT2D eigenvalue weighted by Gasteiger charge is -2.28. The number of rotatable bonds is 11. The molecule has 32 heavy (non-hydrogen) atoms. The molecule has 0 aliphatic heterocycles. The number of benzene rings is 2. The molecule has 0 fully saturated rings. The number of hydrogen-bond donors (Lipinski definition) is 0. The summed E-state index contributed by atoms with van der Waals surface area (Å²) in [5.41, 5.74) is 2.05. The van der Waals surface area contributed by atoms with Crippen LogP contribution in [0.4, 0.5) is 0 Å². The van der Waals surface area contributed by atoms with Crippen LogP contribution in [0.2, 0.25) is 0 Å². The summed E-state index contributed by atoms with van der Waals surface area (Å²) in [4.78, 5) is 0. The highest BCUT2D eigenvalue weighted by molar-refractivity contribution is 7.62. The summed E-state index contributed by atoms with van der Waals surface area (Å²) in [6.07, 6.45) is 2.60. The van der Waals surface area contributed by atoms with Gasteiger partial charge in [0.25, 0.3) is 0 Å². The molecule has 2 rings (SSSR count). The molecule has 0 radical (unpaired) electrons. The van der Waals surface area contributed by atoms with Gasteiger partial charge in [-0.3, -0.25) is 0 Å². The van der Waals surface area contributed by atoms with E-state index in [4.69, 9.17) is 18.9 Å². The minimum Gasteiger partial charge on any atom is -0.497 e. The van der Waals surface area contributed by atoms with Crippen LogP contribution in [0.3, 0.4) is 0 Å². The van der Waals surface area contributed by atoms with E-state index >= 15 is 0 Å². The first-order chi connectivity index (χ1) is 15.0. The van der Waals surface area contributed by atoms with Gasteiger partial charge in [-0.2, -0.15) is 0 Å². The molecule has 0 amide bonds. The van der Waals surface area contributed by atoms with Crippen molar-refractivity contribution in [3.8, 4) is 23.0 Å². The zero-order valence-corrected chi connectivity index (χ0v) is 21.8. The molecule has 0 aromatic heterocycles. The van der Waals surface area contributed by atoms with E-state index in [9.17, 15) is 4.57 Å². The van der Waals surface area contributed by atoms with Crippen molar-refractivity contribution in [2.24, 2.45) is 11.3 Å². The molecule has 0 aliphatic carbocycles. The van der Waals surface area contributed by atoms with Crippen molar-refractivity contribution < 1.29 is 23.5 Å². The highest BCUT2D eigenvalue weighted by atomic mass is 31.2. The Labute approximate surface area is 193 Å². The van der Waals surface area contributed by atoms with E-state index in [1.807, 2.05) is 36.4 Å². The van der Waals surface area contributed by atoms with Crippen LogP contribution in [0, 0.1) is 11.3 Å². The van der Waals surface area contributed by atoms with Crippen LogP contribution < -0.4 is 18.9 Å². The molecular weight excluding hydrogens is 423 g/mol. The molecule has 0 bridgehead atoms. The van der Waals surface area contributed by atoms with Gasteiger partial charge in [-0.25, -0.2) is 0 Å². The van der Waals surface area contributed by atoms with E-state index in [2.05, 4.69) is 27.7 Å². The fourth-order valence-electron chi connectivity index (χ4n) is 4.45. The van der Waals surface area contributed by atoms with Crippen LogP contribution in [-0.4, -0.2) is 34.6 Å². The van der Waals surface area contributed by atoms with Crippen molar-refractivity contribution in [3.05, 3.63) is 47.5 Å². The maximum Gasteiger partial charge on any atom is 0.126 e. The lowest BCUT2D eigenvalue weighted by atomic mass is 9.86. The second-order valence-electron chi connectivity index (χ2n) is 9.78. The van der Waals surface area contributed by atoms with E-state index in [0.29, 0.717) is 35.9 Å². The van der Waals surface area contributed by atoms with Gasteiger partial charge in [0.15, 0.2) is 0 Å². The maximum atomic E-state index is 14.5. The number of ether oxygens (including phenoxy) is 4. The van der Waals surface area contributed by atoms with Gasteiger partial charge in [0.05, 0.1) is 35.6 Å². The first-order valence-electron chi connectivity index (χ1n) is 11.0. The van der Waals surface area contributed by atoms with Crippen molar-refractivity contribution in [1.82, 2.24) is 0 Å². The van der Waals surface area contributed by atoms with Crippen LogP contribution in [0.5, 0.6) is 23.0 Å². The Balaban J connectivity index is 2.43. The van der Waals surface area contributed by atoms with Gasteiger partial charge in [0.2, 0.25) is 0 Å². The van der Waals surface area contributed by atoms with Gasteiger partial charge in [0, 0.05) is 41.7 Å². The zero-order valence-electron chi connectivity index (χ0n) is 20.9. The van der Waals surface area contributed by atoms with E-state index in [1.54, 1.807) is 28.4 Å². The molecule has 0 saturated heterocycles. The average molecular weight is 463 g/mol. The number of methoxy groups -OCH3 is 4. The van der Waals surface area contributed by atoms with Crippen LogP contribution in [0.1, 0.15) is 45.2 Å². The van der Waals surface area contributed by atoms with Gasteiger partial charge in [-0.15, -0.1) is 0 Å². The van der Waals surface area contributed by atoms with Gasteiger partial charge in [-0.05, 0) is 29.9 Å². The molecule has 0 saturated carbocycles. The summed E-state index contributed by atoms with van der Waals surface area (Å²) in [5.74, 6) is 3.18. The second kappa shape index (κ2) is 11.1. The van der Waals surface area contributed by atoms with Crippen LogP contribution in [0.25, 0.3) is 0 Å².